The van der Waals surface area contributed by atoms with Gasteiger partial charge in [0, 0.05) is 6.54 Å². The molecule has 13 heavy (non-hydrogen) atoms. The Hall–Kier alpha value is -1.24. The highest BCUT2D eigenvalue weighted by atomic mass is 14.8. The molecule has 1 aromatic carbocycles. The predicted molar refractivity (Wildman–Crippen MR) is 57.6 cm³/mol. The molecule has 0 unspecified atom stereocenters. The summed E-state index contributed by atoms with van der Waals surface area (Å²) in [6.45, 7) is 5.19. The van der Waals surface area contributed by atoms with Gasteiger partial charge in [-0.2, -0.15) is 0 Å². The highest BCUT2D eigenvalue weighted by molar-refractivity contribution is 5.14. The summed E-state index contributed by atoms with van der Waals surface area (Å²) in [4.78, 5) is 0. The molecule has 0 aliphatic heterocycles. The van der Waals surface area contributed by atoms with E-state index in [1.165, 1.54) is 11.1 Å². The summed E-state index contributed by atoms with van der Waals surface area (Å²) in [7, 11) is 0. The van der Waals surface area contributed by atoms with Gasteiger partial charge in [-0.3, -0.25) is 0 Å². The van der Waals surface area contributed by atoms with Gasteiger partial charge in [-0.05, 0) is 32.0 Å². The van der Waals surface area contributed by atoms with E-state index in [1.807, 2.05) is 6.07 Å². The molecule has 0 radical (unpaired) electrons. The first-order valence-corrected chi connectivity index (χ1v) is 4.70. The van der Waals surface area contributed by atoms with Gasteiger partial charge >= 0.3 is 0 Å². The number of hydrogen-bond donors (Lipinski definition) is 1. The van der Waals surface area contributed by atoms with Crippen molar-refractivity contribution in [2.45, 2.75) is 20.3 Å². The van der Waals surface area contributed by atoms with E-state index in [0.29, 0.717) is 0 Å². The smallest absolute Gasteiger partial charge is 0.0181 e. The summed E-state index contributed by atoms with van der Waals surface area (Å²) < 4.78 is 0. The maximum absolute atomic E-state index is 3.27. The normalized spacial score (nSPS) is 9.38. The average Bonchev–Trinajstić information content (AvgIpc) is 2.14. The maximum Gasteiger partial charge on any atom is 0.0181 e. The van der Waals surface area contributed by atoms with Crippen molar-refractivity contribution in [3.8, 4) is 0 Å². The zero-order valence-corrected chi connectivity index (χ0v) is 8.38. The fourth-order valence-corrected chi connectivity index (χ4v) is 1.14. The quantitative estimate of drug-likeness (QED) is 0.694. The minimum absolute atomic E-state index is 1.01. The molecule has 1 aromatic rings. The Morgan fingerprint density at radius 1 is 1.23 bits per heavy atom. The van der Waals surface area contributed by atoms with Crippen molar-refractivity contribution in [2.24, 2.45) is 0 Å². The van der Waals surface area contributed by atoms with Crippen LogP contribution in [0.1, 0.15) is 19.4 Å². The molecule has 1 rings (SSSR count). The molecule has 0 saturated heterocycles. The second kappa shape index (κ2) is 5.41. The number of allylic oxidation sites excluding steroid dienone is 1. The summed E-state index contributed by atoms with van der Waals surface area (Å²) >= 11 is 0. The van der Waals surface area contributed by atoms with E-state index in [9.17, 15) is 0 Å². The van der Waals surface area contributed by atoms with Crippen molar-refractivity contribution in [1.29, 1.82) is 0 Å². The standard InChI is InChI=1S/C12H17N/c1-11(2)10-13-9-8-12-6-4-3-5-7-12/h3-7,10,13H,8-9H2,1-2H3. The van der Waals surface area contributed by atoms with Crippen molar-refractivity contribution in [1.82, 2.24) is 5.32 Å². The van der Waals surface area contributed by atoms with Gasteiger partial charge in [0.05, 0.1) is 0 Å². The number of benzene rings is 1. The Morgan fingerprint density at radius 2 is 1.92 bits per heavy atom. The molecule has 0 amide bonds. The second-order valence-electron chi connectivity index (χ2n) is 3.41. The number of hydrogen-bond acceptors (Lipinski definition) is 1. The van der Waals surface area contributed by atoms with Crippen LogP contribution in [0.4, 0.5) is 0 Å². The van der Waals surface area contributed by atoms with Crippen LogP contribution in [-0.4, -0.2) is 6.54 Å². The minimum Gasteiger partial charge on any atom is -0.391 e. The monoisotopic (exact) mass is 175 g/mol. The van der Waals surface area contributed by atoms with Gasteiger partial charge < -0.3 is 5.32 Å². The Bertz CT molecular complexity index is 258. The van der Waals surface area contributed by atoms with E-state index < -0.39 is 0 Å². The van der Waals surface area contributed by atoms with Gasteiger partial charge in [0.2, 0.25) is 0 Å². The number of nitrogens with one attached hydrogen (secondary N) is 1. The maximum atomic E-state index is 3.27. The highest BCUT2D eigenvalue weighted by Gasteiger charge is 1.88. The van der Waals surface area contributed by atoms with Crippen LogP contribution in [-0.2, 0) is 6.42 Å². The SMILES string of the molecule is CC(C)=CNCCc1ccccc1. The molecule has 0 spiro atoms. The molecule has 0 aromatic heterocycles. The zero-order valence-electron chi connectivity index (χ0n) is 8.38. The number of rotatable bonds is 4. The fraction of sp³-hybridized carbons (Fsp3) is 0.333. The summed E-state index contributed by atoms with van der Waals surface area (Å²) in [6, 6.07) is 10.5. The van der Waals surface area contributed by atoms with Gasteiger partial charge in [-0.15, -0.1) is 0 Å². The Balaban J connectivity index is 2.25. The van der Waals surface area contributed by atoms with Crippen molar-refractivity contribution in [3.63, 3.8) is 0 Å². The van der Waals surface area contributed by atoms with Gasteiger partial charge in [0.15, 0.2) is 0 Å². The largest absolute Gasteiger partial charge is 0.391 e. The van der Waals surface area contributed by atoms with Crippen molar-refractivity contribution >= 4 is 0 Å². The van der Waals surface area contributed by atoms with Crippen molar-refractivity contribution in [2.75, 3.05) is 6.54 Å². The zero-order chi connectivity index (χ0) is 9.52. The first-order chi connectivity index (χ1) is 6.29. The van der Waals surface area contributed by atoms with E-state index in [2.05, 4.69) is 49.6 Å². The van der Waals surface area contributed by atoms with Crippen molar-refractivity contribution in [3.05, 3.63) is 47.7 Å². The average molecular weight is 175 g/mol. The third kappa shape index (κ3) is 4.36. The summed E-state index contributed by atoms with van der Waals surface area (Å²) in [6.07, 6.45) is 3.15. The van der Waals surface area contributed by atoms with E-state index in [1.54, 1.807) is 0 Å². The molecule has 0 atom stereocenters. The Labute approximate surface area is 80.5 Å². The Morgan fingerprint density at radius 3 is 2.54 bits per heavy atom. The summed E-state index contributed by atoms with van der Waals surface area (Å²) in [5, 5.41) is 3.27. The molecule has 1 N–H and O–H groups in total. The van der Waals surface area contributed by atoms with Crippen LogP contribution in [0.2, 0.25) is 0 Å². The molecular weight excluding hydrogens is 158 g/mol. The molecular formula is C12H17N. The Kier molecular flexibility index (Phi) is 4.10. The van der Waals surface area contributed by atoms with Crippen LogP contribution in [0.5, 0.6) is 0 Å². The molecule has 0 saturated carbocycles. The predicted octanol–water partition coefficient (Wildman–Crippen LogP) is 2.74. The third-order valence-electron chi connectivity index (χ3n) is 1.79. The summed E-state index contributed by atoms with van der Waals surface area (Å²) in [5.41, 5.74) is 2.70. The van der Waals surface area contributed by atoms with Crippen LogP contribution in [0.25, 0.3) is 0 Å². The molecule has 0 aliphatic carbocycles. The lowest BCUT2D eigenvalue weighted by Gasteiger charge is -2.01. The molecule has 0 bridgehead atoms. The lowest BCUT2D eigenvalue weighted by Crippen LogP contribution is -2.10. The fourth-order valence-electron chi connectivity index (χ4n) is 1.14. The second-order valence-corrected chi connectivity index (χ2v) is 3.41. The first-order valence-electron chi connectivity index (χ1n) is 4.70. The van der Waals surface area contributed by atoms with Gasteiger partial charge in [0.25, 0.3) is 0 Å². The van der Waals surface area contributed by atoms with Gasteiger partial charge in [-0.25, -0.2) is 0 Å². The molecule has 1 heteroatoms. The lowest BCUT2D eigenvalue weighted by atomic mass is 10.1. The first kappa shape index (κ1) is 9.85. The van der Waals surface area contributed by atoms with E-state index in [0.717, 1.165) is 13.0 Å². The van der Waals surface area contributed by atoms with Crippen molar-refractivity contribution < 1.29 is 0 Å². The van der Waals surface area contributed by atoms with Gasteiger partial charge in [-0.1, -0.05) is 35.9 Å². The van der Waals surface area contributed by atoms with Crippen LogP contribution in [0.15, 0.2) is 42.1 Å². The molecule has 0 fully saturated rings. The van der Waals surface area contributed by atoms with E-state index >= 15 is 0 Å². The van der Waals surface area contributed by atoms with Crippen LogP contribution < -0.4 is 5.32 Å². The minimum atomic E-state index is 1.01. The topological polar surface area (TPSA) is 12.0 Å². The molecule has 0 aliphatic rings. The molecule has 0 heterocycles. The summed E-state index contributed by atoms with van der Waals surface area (Å²) in [5.74, 6) is 0. The van der Waals surface area contributed by atoms with E-state index in [4.69, 9.17) is 0 Å². The third-order valence-corrected chi connectivity index (χ3v) is 1.79. The lowest BCUT2D eigenvalue weighted by molar-refractivity contribution is 0.825. The van der Waals surface area contributed by atoms with Crippen LogP contribution in [0.3, 0.4) is 0 Å². The van der Waals surface area contributed by atoms with Crippen LogP contribution >= 0.6 is 0 Å². The molecule has 1 nitrogen and oxygen atoms in total. The van der Waals surface area contributed by atoms with Gasteiger partial charge in [0.1, 0.15) is 0 Å². The molecule has 70 valence electrons. The highest BCUT2D eigenvalue weighted by Crippen LogP contribution is 1.98. The van der Waals surface area contributed by atoms with Crippen LogP contribution in [0, 0.1) is 0 Å². The van der Waals surface area contributed by atoms with E-state index in [-0.39, 0.29) is 0 Å².